The summed E-state index contributed by atoms with van der Waals surface area (Å²) in [6, 6.07) is 2.86. The first-order valence-electron chi connectivity index (χ1n) is 7.27. The van der Waals surface area contributed by atoms with Gasteiger partial charge in [-0.3, -0.25) is 0 Å². The molecule has 4 heteroatoms. The number of nitrogens with one attached hydrogen (secondary N) is 1. The van der Waals surface area contributed by atoms with Crippen LogP contribution in [0.5, 0.6) is 0 Å². The summed E-state index contributed by atoms with van der Waals surface area (Å²) in [5, 5.41) is 3.41. The Kier molecular flexibility index (Phi) is 5.64. The second-order valence-electron chi connectivity index (χ2n) is 5.48. The van der Waals surface area contributed by atoms with E-state index in [4.69, 9.17) is 0 Å². The fourth-order valence-corrected chi connectivity index (χ4v) is 2.84. The molecule has 19 heavy (non-hydrogen) atoms. The van der Waals surface area contributed by atoms with Gasteiger partial charge in [0.1, 0.15) is 5.82 Å². The summed E-state index contributed by atoms with van der Waals surface area (Å²) in [5.41, 5.74) is 1.22. The van der Waals surface area contributed by atoms with E-state index in [1.165, 1.54) is 44.3 Å². The number of rotatable bonds is 5. The second kappa shape index (κ2) is 7.25. The Morgan fingerprint density at radius 3 is 3.05 bits per heavy atom. The van der Waals surface area contributed by atoms with E-state index in [1.807, 2.05) is 6.20 Å². The Labute approximate surface area is 124 Å². The maximum Gasteiger partial charge on any atom is 0.126 e. The third-order valence-corrected chi connectivity index (χ3v) is 4.75. The zero-order valence-corrected chi connectivity index (χ0v) is 13.5. The highest BCUT2D eigenvalue weighted by Crippen LogP contribution is 2.18. The van der Waals surface area contributed by atoms with E-state index < -0.39 is 0 Å². The van der Waals surface area contributed by atoms with Gasteiger partial charge in [0.05, 0.1) is 0 Å². The number of hydrogen-bond acceptors (Lipinski definition) is 3. The summed E-state index contributed by atoms with van der Waals surface area (Å²) < 4.78 is 1.07. The number of nitrogens with zero attached hydrogens (tertiary/aromatic N) is 2. The van der Waals surface area contributed by atoms with Crippen LogP contribution in [0.4, 0.5) is 5.82 Å². The maximum absolute atomic E-state index is 4.37. The average Bonchev–Trinajstić information content (AvgIpc) is 2.40. The normalized spacial score (nSPS) is 20.5. The Hall–Kier alpha value is -0.610. The van der Waals surface area contributed by atoms with Gasteiger partial charge in [-0.25, -0.2) is 4.98 Å². The van der Waals surface area contributed by atoms with Crippen molar-refractivity contribution in [1.82, 2.24) is 9.88 Å². The van der Waals surface area contributed by atoms with Crippen LogP contribution in [0, 0.1) is 6.92 Å². The lowest BCUT2D eigenvalue weighted by Crippen LogP contribution is -2.38. The van der Waals surface area contributed by atoms with E-state index in [1.54, 1.807) is 0 Å². The number of halogens is 1. The predicted molar refractivity (Wildman–Crippen MR) is 84.7 cm³/mol. The van der Waals surface area contributed by atoms with Crippen molar-refractivity contribution in [2.24, 2.45) is 0 Å². The highest BCUT2D eigenvalue weighted by molar-refractivity contribution is 9.10. The number of pyridine rings is 1. The minimum Gasteiger partial charge on any atom is -0.370 e. The first-order chi connectivity index (χ1) is 9.16. The molecule has 0 bridgehead atoms. The van der Waals surface area contributed by atoms with Gasteiger partial charge < -0.3 is 10.2 Å². The molecule has 1 N–H and O–H groups in total. The van der Waals surface area contributed by atoms with Crippen LogP contribution in [0.2, 0.25) is 0 Å². The van der Waals surface area contributed by atoms with Crippen molar-refractivity contribution >= 4 is 21.7 Å². The first-order valence-corrected chi connectivity index (χ1v) is 8.06. The van der Waals surface area contributed by atoms with Crippen LogP contribution >= 0.6 is 15.9 Å². The van der Waals surface area contributed by atoms with Gasteiger partial charge in [0.15, 0.2) is 0 Å². The van der Waals surface area contributed by atoms with Gasteiger partial charge in [0.2, 0.25) is 0 Å². The number of aromatic nitrogens is 1. The molecule has 0 radical (unpaired) electrons. The number of anilines is 1. The zero-order valence-electron chi connectivity index (χ0n) is 12.0. The largest absolute Gasteiger partial charge is 0.370 e. The molecule has 0 amide bonds. The van der Waals surface area contributed by atoms with Crippen molar-refractivity contribution in [2.75, 3.05) is 25.0 Å². The van der Waals surface area contributed by atoms with Crippen molar-refractivity contribution in [3.63, 3.8) is 0 Å². The fraction of sp³-hybridized carbons (Fsp3) is 0.667. The van der Waals surface area contributed by atoms with E-state index in [0.717, 1.165) is 22.9 Å². The molecule has 0 spiro atoms. The molecule has 2 heterocycles. The van der Waals surface area contributed by atoms with E-state index in [0.29, 0.717) is 0 Å². The van der Waals surface area contributed by atoms with E-state index in [-0.39, 0.29) is 0 Å². The Morgan fingerprint density at radius 1 is 1.47 bits per heavy atom. The van der Waals surface area contributed by atoms with Gasteiger partial charge in [-0.1, -0.05) is 6.42 Å². The highest BCUT2D eigenvalue weighted by atomic mass is 79.9. The van der Waals surface area contributed by atoms with Crippen molar-refractivity contribution in [2.45, 2.75) is 45.6 Å². The predicted octanol–water partition coefficient (Wildman–Crippen LogP) is 3.83. The first kappa shape index (κ1) is 14.8. The van der Waals surface area contributed by atoms with Crippen molar-refractivity contribution in [1.29, 1.82) is 0 Å². The molecule has 0 aliphatic carbocycles. The molecule has 1 fully saturated rings. The molecule has 1 unspecified atom stereocenters. The zero-order chi connectivity index (χ0) is 13.7. The van der Waals surface area contributed by atoms with Crippen LogP contribution in [-0.4, -0.2) is 35.6 Å². The van der Waals surface area contributed by atoms with E-state index in [9.17, 15) is 0 Å². The molecule has 3 nitrogen and oxygen atoms in total. The molecule has 0 saturated carbocycles. The quantitative estimate of drug-likeness (QED) is 0.834. The maximum atomic E-state index is 4.37. The lowest BCUT2D eigenvalue weighted by Gasteiger charge is -2.33. The van der Waals surface area contributed by atoms with E-state index in [2.05, 4.69) is 51.0 Å². The standard InChI is InChI=1S/C15H24BrN3/c1-12-10-15(18-11-14(12)16)17-7-5-9-19-8-4-3-6-13(19)2/h10-11,13H,3-9H2,1-2H3,(H,17,18). The third kappa shape index (κ3) is 4.46. The molecular weight excluding hydrogens is 302 g/mol. The highest BCUT2D eigenvalue weighted by Gasteiger charge is 2.16. The summed E-state index contributed by atoms with van der Waals surface area (Å²) in [6.45, 7) is 7.91. The van der Waals surface area contributed by atoms with Crippen LogP contribution in [0.3, 0.4) is 0 Å². The lowest BCUT2D eigenvalue weighted by atomic mass is 10.0. The minimum atomic E-state index is 0.766. The average molecular weight is 326 g/mol. The molecule has 106 valence electrons. The summed E-state index contributed by atoms with van der Waals surface area (Å²) in [7, 11) is 0. The summed E-state index contributed by atoms with van der Waals surface area (Å²) in [6.07, 6.45) is 7.18. The number of aryl methyl sites for hydroxylation is 1. The molecule has 1 atom stereocenters. The van der Waals surface area contributed by atoms with Gasteiger partial charge in [-0.05, 0) is 67.2 Å². The third-order valence-electron chi connectivity index (χ3n) is 3.92. The van der Waals surface area contributed by atoms with Crippen LogP contribution in [-0.2, 0) is 0 Å². The fourth-order valence-electron chi connectivity index (χ4n) is 2.62. The monoisotopic (exact) mass is 325 g/mol. The number of likely N-dealkylation sites (tertiary alicyclic amines) is 1. The van der Waals surface area contributed by atoms with Gasteiger partial charge in [-0.2, -0.15) is 0 Å². The van der Waals surface area contributed by atoms with Gasteiger partial charge in [-0.15, -0.1) is 0 Å². The van der Waals surface area contributed by atoms with Crippen LogP contribution in [0.15, 0.2) is 16.7 Å². The van der Waals surface area contributed by atoms with Gasteiger partial charge in [0, 0.05) is 29.8 Å². The Bertz CT molecular complexity index is 408. The summed E-state index contributed by atoms with van der Waals surface area (Å²) in [4.78, 5) is 6.98. The van der Waals surface area contributed by atoms with Gasteiger partial charge in [0.25, 0.3) is 0 Å². The SMILES string of the molecule is Cc1cc(NCCCN2CCCCC2C)ncc1Br. The van der Waals surface area contributed by atoms with E-state index >= 15 is 0 Å². The smallest absolute Gasteiger partial charge is 0.126 e. The topological polar surface area (TPSA) is 28.2 Å². The molecule has 1 aromatic rings. The Balaban J connectivity index is 1.70. The Morgan fingerprint density at radius 2 is 2.32 bits per heavy atom. The van der Waals surface area contributed by atoms with Crippen LogP contribution in [0.1, 0.15) is 38.2 Å². The summed E-state index contributed by atoms with van der Waals surface area (Å²) >= 11 is 3.47. The second-order valence-corrected chi connectivity index (χ2v) is 6.33. The molecule has 1 saturated heterocycles. The molecule has 1 aliphatic rings. The summed E-state index contributed by atoms with van der Waals surface area (Å²) in [5.74, 6) is 0.979. The number of hydrogen-bond donors (Lipinski definition) is 1. The molecule has 2 rings (SSSR count). The molecule has 0 aromatic carbocycles. The van der Waals surface area contributed by atoms with Crippen LogP contribution in [0.25, 0.3) is 0 Å². The van der Waals surface area contributed by atoms with Crippen molar-refractivity contribution in [3.8, 4) is 0 Å². The number of piperidine rings is 1. The van der Waals surface area contributed by atoms with Gasteiger partial charge >= 0.3 is 0 Å². The van der Waals surface area contributed by atoms with Crippen molar-refractivity contribution in [3.05, 3.63) is 22.3 Å². The molecule has 1 aliphatic heterocycles. The van der Waals surface area contributed by atoms with Crippen LogP contribution < -0.4 is 5.32 Å². The minimum absolute atomic E-state index is 0.766. The van der Waals surface area contributed by atoms with Crippen molar-refractivity contribution < 1.29 is 0 Å². The lowest BCUT2D eigenvalue weighted by molar-refractivity contribution is 0.160. The molecular formula is C15H24BrN3. The molecule has 1 aromatic heterocycles.